The largest absolute Gasteiger partial charge is 0.310 e. The van der Waals surface area contributed by atoms with Gasteiger partial charge in [0.25, 0.3) is 0 Å². The molecule has 10 aromatic carbocycles. The van der Waals surface area contributed by atoms with Crippen LogP contribution in [0.4, 0.5) is 34.1 Å². The van der Waals surface area contributed by atoms with Crippen LogP contribution in [0.15, 0.2) is 206 Å². The smallest absolute Gasteiger partial charge is 0.0620 e. The number of nitrogens with zero attached hydrogens (tertiary/aromatic N) is 3. The van der Waals surface area contributed by atoms with Crippen LogP contribution in [0.3, 0.4) is 0 Å². The summed E-state index contributed by atoms with van der Waals surface area (Å²) in [4.78, 5) is 4.72. The molecule has 0 aliphatic heterocycles. The summed E-state index contributed by atoms with van der Waals surface area (Å²) in [5.74, 6) is 0. The minimum Gasteiger partial charge on any atom is -0.310 e. The van der Waals surface area contributed by atoms with Crippen molar-refractivity contribution in [3.05, 3.63) is 223 Å². The highest BCUT2D eigenvalue weighted by molar-refractivity contribution is 6.27. The Balaban J connectivity index is 1.10. The molecule has 0 bridgehead atoms. The maximum absolute atomic E-state index is 2.55. The Bertz CT molecular complexity index is 3510. The summed E-state index contributed by atoms with van der Waals surface area (Å²) in [5.41, 5.74) is 16.9. The van der Waals surface area contributed by atoms with Gasteiger partial charge in [0.15, 0.2) is 0 Å². The molecule has 0 radical (unpaired) electrons. The van der Waals surface area contributed by atoms with E-state index in [1.54, 1.807) is 0 Å². The average molecular weight is 836 g/mol. The number of fused-ring (bicyclic) bond motifs is 8. The molecule has 0 fully saturated rings. The maximum Gasteiger partial charge on any atom is 0.0620 e. The number of hydrogen-bond acceptors (Lipinski definition) is 2. The number of aromatic nitrogens is 1. The Morgan fingerprint density at radius 1 is 0.338 bits per heavy atom. The van der Waals surface area contributed by atoms with Crippen LogP contribution in [0.2, 0.25) is 0 Å². The summed E-state index contributed by atoms with van der Waals surface area (Å²) in [6.45, 7) is 11.1. The van der Waals surface area contributed by atoms with Crippen molar-refractivity contribution in [2.24, 2.45) is 0 Å². The summed E-state index contributed by atoms with van der Waals surface area (Å²) in [5, 5.41) is 9.94. The second-order valence-corrected chi connectivity index (χ2v) is 18.9. The minimum absolute atomic E-state index is 0.0846. The van der Waals surface area contributed by atoms with Gasteiger partial charge in [-0.3, -0.25) is 0 Å². The molecule has 12 rings (SSSR count). The zero-order valence-electron chi connectivity index (χ0n) is 37.5. The van der Waals surface area contributed by atoms with Gasteiger partial charge < -0.3 is 14.2 Å². The van der Waals surface area contributed by atoms with E-state index in [4.69, 9.17) is 0 Å². The van der Waals surface area contributed by atoms with Crippen molar-refractivity contribution in [2.45, 2.75) is 40.0 Å². The van der Waals surface area contributed by atoms with Crippen LogP contribution < -0.4 is 9.80 Å². The van der Waals surface area contributed by atoms with Gasteiger partial charge in [-0.05, 0) is 167 Å². The standard InChI is InChI=1S/C62H49N3/c1-40-16-26-51(27-17-40)63(49-12-8-6-9-13-49)53-30-22-43-34-55-57-36-47(42-20-24-48(25-21-42)62(3,4)5)37-58-56-35-44-23-31-54(64(50-14-10-7-11-15-50)52-28-18-41(2)19-29-52)33-46(44)39-60(56)65(61(57)58)59(55)38-45(43)32-53/h6-39H,1-5H3. The van der Waals surface area contributed by atoms with E-state index >= 15 is 0 Å². The average Bonchev–Trinajstić information content (AvgIpc) is 3.82. The molecule has 2 aromatic heterocycles. The topological polar surface area (TPSA) is 10.9 Å². The molecule has 0 atom stereocenters. The van der Waals surface area contributed by atoms with E-state index in [1.165, 1.54) is 87.5 Å². The lowest BCUT2D eigenvalue weighted by Gasteiger charge is -2.26. The highest BCUT2D eigenvalue weighted by Gasteiger charge is 2.22. The molecule has 3 nitrogen and oxygen atoms in total. The first-order chi connectivity index (χ1) is 31.6. The second-order valence-electron chi connectivity index (χ2n) is 18.9. The van der Waals surface area contributed by atoms with E-state index in [1.807, 2.05) is 0 Å². The third kappa shape index (κ3) is 6.57. The molecule has 312 valence electrons. The maximum atomic E-state index is 2.55. The van der Waals surface area contributed by atoms with Crippen molar-refractivity contribution in [1.29, 1.82) is 0 Å². The number of aryl methyl sites for hydroxylation is 2. The molecule has 0 saturated heterocycles. The molecule has 0 aliphatic rings. The zero-order chi connectivity index (χ0) is 44.0. The molecule has 65 heavy (non-hydrogen) atoms. The molecule has 3 heteroatoms. The molecule has 0 saturated carbocycles. The van der Waals surface area contributed by atoms with Crippen molar-refractivity contribution in [3.63, 3.8) is 0 Å². The van der Waals surface area contributed by atoms with Gasteiger partial charge in [-0.15, -0.1) is 0 Å². The van der Waals surface area contributed by atoms with Crippen molar-refractivity contribution in [1.82, 2.24) is 4.40 Å². The lowest BCUT2D eigenvalue weighted by molar-refractivity contribution is 0.590. The van der Waals surface area contributed by atoms with Crippen LogP contribution in [-0.2, 0) is 5.41 Å². The molecule has 0 spiro atoms. The summed E-state index contributed by atoms with van der Waals surface area (Å²) < 4.78 is 2.55. The molecule has 0 unspecified atom stereocenters. The van der Waals surface area contributed by atoms with E-state index < -0.39 is 0 Å². The monoisotopic (exact) mass is 835 g/mol. The van der Waals surface area contributed by atoms with Crippen molar-refractivity contribution in [2.75, 3.05) is 9.80 Å². The fourth-order valence-electron chi connectivity index (χ4n) is 10.0. The van der Waals surface area contributed by atoms with Crippen LogP contribution in [0.25, 0.3) is 70.8 Å². The highest BCUT2D eigenvalue weighted by atomic mass is 15.1. The molecule has 0 amide bonds. The number of para-hydroxylation sites is 2. The van der Waals surface area contributed by atoms with Crippen molar-refractivity contribution < 1.29 is 0 Å². The van der Waals surface area contributed by atoms with Crippen LogP contribution in [0, 0.1) is 13.8 Å². The Morgan fingerprint density at radius 3 is 1.18 bits per heavy atom. The molecule has 0 aliphatic carbocycles. The van der Waals surface area contributed by atoms with E-state index in [9.17, 15) is 0 Å². The Morgan fingerprint density at radius 2 is 0.754 bits per heavy atom. The number of benzene rings is 10. The quantitative estimate of drug-likeness (QED) is 0.158. The van der Waals surface area contributed by atoms with Gasteiger partial charge in [-0.25, -0.2) is 0 Å². The van der Waals surface area contributed by atoms with Gasteiger partial charge in [0, 0.05) is 55.7 Å². The second kappa shape index (κ2) is 14.9. The SMILES string of the molecule is Cc1ccc(N(c2ccccc2)c2ccc3cc4c5cc(-c6ccc(C(C)(C)C)cc6)cc6c7cc8ccc(N(c9ccccc9)c9ccc(C)cc9)cc8cc7n(c4cc3c2)c56)cc1. The Kier molecular flexibility index (Phi) is 8.86. The lowest BCUT2D eigenvalue weighted by atomic mass is 9.86. The van der Waals surface area contributed by atoms with E-state index in [-0.39, 0.29) is 5.41 Å². The van der Waals surface area contributed by atoms with Crippen LogP contribution in [-0.4, -0.2) is 4.40 Å². The summed E-state index contributed by atoms with van der Waals surface area (Å²) in [7, 11) is 0. The predicted molar refractivity (Wildman–Crippen MR) is 279 cm³/mol. The minimum atomic E-state index is 0.0846. The Labute approximate surface area is 380 Å². The number of hydrogen-bond donors (Lipinski definition) is 0. The normalized spacial score (nSPS) is 12.1. The first-order valence-corrected chi connectivity index (χ1v) is 22.7. The third-order valence-electron chi connectivity index (χ3n) is 13.5. The zero-order valence-corrected chi connectivity index (χ0v) is 37.5. The third-order valence-corrected chi connectivity index (χ3v) is 13.5. The van der Waals surface area contributed by atoms with E-state index in [0.717, 1.165) is 34.1 Å². The number of anilines is 6. The van der Waals surface area contributed by atoms with Crippen LogP contribution in [0.5, 0.6) is 0 Å². The molecule has 0 N–H and O–H groups in total. The molecular formula is C62H49N3. The predicted octanol–water partition coefficient (Wildman–Crippen LogP) is 17.7. The van der Waals surface area contributed by atoms with E-state index in [0.29, 0.717) is 0 Å². The molecular weight excluding hydrogens is 787 g/mol. The van der Waals surface area contributed by atoms with Gasteiger partial charge >= 0.3 is 0 Å². The molecule has 12 aromatic rings. The van der Waals surface area contributed by atoms with Gasteiger partial charge in [0.2, 0.25) is 0 Å². The lowest BCUT2D eigenvalue weighted by Crippen LogP contribution is -2.10. The fourth-order valence-corrected chi connectivity index (χ4v) is 10.0. The first-order valence-electron chi connectivity index (χ1n) is 22.7. The summed E-state index contributed by atoms with van der Waals surface area (Å²) in [6.07, 6.45) is 0. The van der Waals surface area contributed by atoms with Crippen LogP contribution in [0.1, 0.15) is 37.5 Å². The first kappa shape index (κ1) is 38.8. The van der Waals surface area contributed by atoms with E-state index in [2.05, 4.69) is 255 Å². The highest BCUT2D eigenvalue weighted by Crippen LogP contribution is 2.46. The summed E-state index contributed by atoms with van der Waals surface area (Å²) >= 11 is 0. The van der Waals surface area contributed by atoms with Crippen LogP contribution >= 0.6 is 0 Å². The fraction of sp³-hybridized carbons (Fsp3) is 0.0968. The van der Waals surface area contributed by atoms with Gasteiger partial charge in [-0.1, -0.05) is 129 Å². The summed E-state index contributed by atoms with van der Waals surface area (Å²) in [6, 6.07) is 76.7. The molecule has 2 heterocycles. The van der Waals surface area contributed by atoms with Gasteiger partial charge in [0.05, 0.1) is 16.6 Å². The number of rotatable bonds is 7. The van der Waals surface area contributed by atoms with Gasteiger partial charge in [-0.2, -0.15) is 0 Å². The van der Waals surface area contributed by atoms with Gasteiger partial charge in [0.1, 0.15) is 0 Å². The Hall–Kier alpha value is -7.88. The van der Waals surface area contributed by atoms with Crippen molar-refractivity contribution in [3.8, 4) is 11.1 Å². The van der Waals surface area contributed by atoms with Crippen molar-refractivity contribution >= 4 is 93.8 Å².